The minimum absolute atomic E-state index is 0.259. The van der Waals surface area contributed by atoms with Crippen LogP contribution in [0.5, 0.6) is 0 Å². The van der Waals surface area contributed by atoms with Gasteiger partial charge in [0, 0.05) is 6.54 Å². The lowest BCUT2D eigenvalue weighted by molar-refractivity contribution is 0.327. The van der Waals surface area contributed by atoms with Crippen molar-refractivity contribution in [3.63, 3.8) is 0 Å². The van der Waals surface area contributed by atoms with E-state index in [9.17, 15) is 4.39 Å². The molecule has 1 aromatic heterocycles. The quantitative estimate of drug-likeness (QED) is 0.690. The number of likely N-dealkylation sites (tertiary alicyclic amines) is 1. The number of rotatable bonds is 2. The first-order chi connectivity index (χ1) is 6.34. The summed E-state index contributed by atoms with van der Waals surface area (Å²) in [6.07, 6.45) is 3.84. The molecule has 0 saturated carbocycles. The molecule has 0 unspecified atom stereocenters. The second-order valence-corrected chi connectivity index (χ2v) is 3.45. The first-order valence-electron chi connectivity index (χ1n) is 4.67. The van der Waals surface area contributed by atoms with Crippen LogP contribution in [0.3, 0.4) is 0 Å². The predicted octanol–water partition coefficient (Wildman–Crippen LogP) is 1.82. The third kappa shape index (κ3) is 2.25. The maximum Gasteiger partial charge on any atom is 0.141 e. The van der Waals surface area contributed by atoms with Gasteiger partial charge in [-0.05, 0) is 38.1 Å². The largest absolute Gasteiger partial charge is 0.298 e. The summed E-state index contributed by atoms with van der Waals surface area (Å²) in [6, 6.07) is 3.23. The first kappa shape index (κ1) is 8.63. The van der Waals surface area contributed by atoms with Gasteiger partial charge in [-0.15, -0.1) is 0 Å². The molecule has 0 aliphatic carbocycles. The molecular weight excluding hydrogens is 167 g/mol. The lowest BCUT2D eigenvalue weighted by Gasteiger charge is -2.13. The zero-order chi connectivity index (χ0) is 9.10. The zero-order valence-electron chi connectivity index (χ0n) is 7.54. The molecular formula is C10H13FN2. The fourth-order valence-electron chi connectivity index (χ4n) is 1.67. The SMILES string of the molecule is Fc1ccc(CN2CCCC2)nc1. The Bertz CT molecular complexity index is 265. The van der Waals surface area contributed by atoms with Crippen molar-refractivity contribution >= 4 is 0 Å². The fraction of sp³-hybridized carbons (Fsp3) is 0.500. The monoisotopic (exact) mass is 180 g/mol. The van der Waals surface area contributed by atoms with Gasteiger partial charge in [-0.1, -0.05) is 0 Å². The minimum atomic E-state index is -0.259. The van der Waals surface area contributed by atoms with Crippen LogP contribution in [0.1, 0.15) is 18.5 Å². The number of hydrogen-bond acceptors (Lipinski definition) is 2. The average Bonchev–Trinajstić information content (AvgIpc) is 2.62. The second kappa shape index (κ2) is 3.83. The highest BCUT2D eigenvalue weighted by Gasteiger charge is 2.11. The van der Waals surface area contributed by atoms with E-state index in [-0.39, 0.29) is 5.82 Å². The maximum absolute atomic E-state index is 12.5. The lowest BCUT2D eigenvalue weighted by Crippen LogP contribution is -2.18. The van der Waals surface area contributed by atoms with Crippen LogP contribution >= 0.6 is 0 Å². The van der Waals surface area contributed by atoms with Crippen molar-refractivity contribution in [3.05, 3.63) is 29.8 Å². The van der Waals surface area contributed by atoms with Crippen LogP contribution in [0.2, 0.25) is 0 Å². The summed E-state index contributed by atoms with van der Waals surface area (Å²) in [7, 11) is 0. The average molecular weight is 180 g/mol. The fourth-order valence-corrected chi connectivity index (χ4v) is 1.67. The maximum atomic E-state index is 12.5. The highest BCUT2D eigenvalue weighted by Crippen LogP contribution is 2.10. The molecule has 13 heavy (non-hydrogen) atoms. The summed E-state index contributed by atoms with van der Waals surface area (Å²) in [5.74, 6) is -0.259. The van der Waals surface area contributed by atoms with E-state index < -0.39 is 0 Å². The van der Waals surface area contributed by atoms with Crippen molar-refractivity contribution in [1.82, 2.24) is 9.88 Å². The summed E-state index contributed by atoms with van der Waals surface area (Å²) >= 11 is 0. The molecule has 0 atom stereocenters. The van der Waals surface area contributed by atoms with Gasteiger partial charge in [0.15, 0.2) is 0 Å². The molecule has 1 aromatic rings. The normalized spacial score (nSPS) is 17.9. The van der Waals surface area contributed by atoms with E-state index in [0.29, 0.717) is 0 Å². The van der Waals surface area contributed by atoms with Gasteiger partial charge in [0.25, 0.3) is 0 Å². The molecule has 0 bridgehead atoms. The van der Waals surface area contributed by atoms with Crippen molar-refractivity contribution in [1.29, 1.82) is 0 Å². The van der Waals surface area contributed by atoms with Crippen molar-refractivity contribution < 1.29 is 4.39 Å². The Morgan fingerprint density at radius 3 is 2.69 bits per heavy atom. The van der Waals surface area contributed by atoms with Crippen LogP contribution in [-0.4, -0.2) is 23.0 Å². The molecule has 1 fully saturated rings. The van der Waals surface area contributed by atoms with Crippen LogP contribution in [0.25, 0.3) is 0 Å². The Morgan fingerprint density at radius 1 is 1.31 bits per heavy atom. The van der Waals surface area contributed by atoms with Crippen molar-refractivity contribution in [2.75, 3.05) is 13.1 Å². The van der Waals surface area contributed by atoms with Gasteiger partial charge >= 0.3 is 0 Å². The minimum Gasteiger partial charge on any atom is -0.298 e. The molecule has 70 valence electrons. The Kier molecular flexibility index (Phi) is 2.54. The Hall–Kier alpha value is -0.960. The predicted molar refractivity (Wildman–Crippen MR) is 48.7 cm³/mol. The van der Waals surface area contributed by atoms with Gasteiger partial charge in [0.2, 0.25) is 0 Å². The molecule has 2 heterocycles. The van der Waals surface area contributed by atoms with E-state index in [0.717, 1.165) is 25.3 Å². The van der Waals surface area contributed by atoms with Crippen molar-refractivity contribution in [3.8, 4) is 0 Å². The number of halogens is 1. The lowest BCUT2D eigenvalue weighted by atomic mass is 10.3. The topological polar surface area (TPSA) is 16.1 Å². The van der Waals surface area contributed by atoms with Crippen molar-refractivity contribution in [2.24, 2.45) is 0 Å². The smallest absolute Gasteiger partial charge is 0.141 e. The number of nitrogens with zero attached hydrogens (tertiary/aromatic N) is 2. The summed E-state index contributed by atoms with van der Waals surface area (Å²) in [5.41, 5.74) is 0.961. The van der Waals surface area contributed by atoms with Gasteiger partial charge in [0.1, 0.15) is 5.82 Å². The second-order valence-electron chi connectivity index (χ2n) is 3.45. The summed E-state index contributed by atoms with van der Waals surface area (Å²) in [4.78, 5) is 6.37. The van der Waals surface area contributed by atoms with E-state index in [1.807, 2.05) is 0 Å². The van der Waals surface area contributed by atoms with E-state index in [1.54, 1.807) is 6.07 Å². The van der Waals surface area contributed by atoms with E-state index in [4.69, 9.17) is 0 Å². The number of hydrogen-bond donors (Lipinski definition) is 0. The molecule has 0 aromatic carbocycles. The molecule has 0 amide bonds. The van der Waals surface area contributed by atoms with Gasteiger partial charge in [-0.25, -0.2) is 4.39 Å². The van der Waals surface area contributed by atoms with Gasteiger partial charge in [-0.2, -0.15) is 0 Å². The van der Waals surface area contributed by atoms with Gasteiger partial charge < -0.3 is 0 Å². The van der Waals surface area contributed by atoms with E-state index >= 15 is 0 Å². The molecule has 2 nitrogen and oxygen atoms in total. The molecule has 0 N–H and O–H groups in total. The van der Waals surface area contributed by atoms with Gasteiger partial charge in [0.05, 0.1) is 11.9 Å². The third-order valence-corrected chi connectivity index (χ3v) is 2.37. The Morgan fingerprint density at radius 2 is 2.08 bits per heavy atom. The third-order valence-electron chi connectivity index (χ3n) is 2.37. The van der Waals surface area contributed by atoms with Crippen molar-refractivity contribution in [2.45, 2.75) is 19.4 Å². The van der Waals surface area contributed by atoms with Crippen LogP contribution in [-0.2, 0) is 6.54 Å². The first-order valence-corrected chi connectivity index (χ1v) is 4.67. The highest BCUT2D eigenvalue weighted by atomic mass is 19.1. The molecule has 1 aliphatic rings. The summed E-state index contributed by atoms with van der Waals surface area (Å²) in [6.45, 7) is 3.17. The standard InChI is InChI=1S/C10H13FN2/c11-9-3-4-10(12-7-9)8-13-5-1-2-6-13/h3-4,7H,1-2,5-6,8H2. The molecule has 0 radical (unpaired) electrons. The molecule has 1 aliphatic heterocycles. The Labute approximate surface area is 77.4 Å². The Balaban J connectivity index is 1.97. The van der Waals surface area contributed by atoms with Gasteiger partial charge in [-0.3, -0.25) is 9.88 Å². The zero-order valence-corrected chi connectivity index (χ0v) is 7.54. The number of aromatic nitrogens is 1. The summed E-state index contributed by atoms with van der Waals surface area (Å²) < 4.78 is 12.5. The van der Waals surface area contributed by atoms with Crippen LogP contribution in [0.15, 0.2) is 18.3 Å². The van der Waals surface area contributed by atoms with Crippen LogP contribution < -0.4 is 0 Å². The van der Waals surface area contributed by atoms with E-state index in [2.05, 4.69) is 9.88 Å². The van der Waals surface area contributed by atoms with Crippen LogP contribution in [0, 0.1) is 5.82 Å². The molecule has 2 rings (SSSR count). The highest BCUT2D eigenvalue weighted by molar-refractivity contribution is 5.05. The molecule has 0 spiro atoms. The molecule has 3 heteroatoms. The number of pyridine rings is 1. The van der Waals surface area contributed by atoms with Crippen LogP contribution in [0.4, 0.5) is 4.39 Å². The van der Waals surface area contributed by atoms with E-state index in [1.165, 1.54) is 25.1 Å². The molecule has 1 saturated heterocycles. The summed E-state index contributed by atoms with van der Waals surface area (Å²) in [5, 5.41) is 0.